The second-order valence-corrected chi connectivity index (χ2v) is 6.10. The van der Waals surface area contributed by atoms with Crippen LogP contribution < -0.4 is 4.72 Å². The first-order chi connectivity index (χ1) is 9.80. The maximum absolute atomic E-state index is 12.1. The topological polar surface area (TPSA) is 86.7 Å². The molecule has 116 valence electrons. The highest BCUT2D eigenvalue weighted by molar-refractivity contribution is 7.90. The number of benzene rings is 1. The van der Waals surface area contributed by atoms with Crippen molar-refractivity contribution in [2.75, 3.05) is 17.8 Å². The molecule has 0 fully saturated rings. The largest absolute Gasteiger partial charge is 0.478 e. The average molecular weight is 312 g/mol. The van der Waals surface area contributed by atoms with Gasteiger partial charge in [-0.15, -0.1) is 0 Å². The summed E-state index contributed by atoms with van der Waals surface area (Å²) in [6.07, 6.45) is 2.46. The molecule has 0 aromatic heterocycles. The lowest BCUT2D eigenvalue weighted by Gasteiger charge is -2.19. The molecule has 0 unspecified atom stereocenters. The van der Waals surface area contributed by atoms with Gasteiger partial charge in [0.15, 0.2) is 0 Å². The summed E-state index contributed by atoms with van der Waals surface area (Å²) < 4.78 is 28.1. The molecule has 0 heterocycles. The molecule has 0 spiro atoms. The predicted molar refractivity (Wildman–Crippen MR) is 83.3 cm³/mol. The molecule has 0 aliphatic carbocycles. The van der Waals surface area contributed by atoms with Crippen molar-refractivity contribution in [3.63, 3.8) is 0 Å². The fraction of sp³-hybridized carbons (Fsp3) is 0.357. The van der Waals surface area contributed by atoms with E-state index in [2.05, 4.69) is 4.72 Å². The van der Waals surface area contributed by atoms with Crippen LogP contribution >= 0.6 is 0 Å². The van der Waals surface area contributed by atoms with Crippen LogP contribution in [-0.2, 0) is 15.0 Å². The summed E-state index contributed by atoms with van der Waals surface area (Å²) in [5.41, 5.74) is 1.91. The van der Waals surface area contributed by atoms with Crippen LogP contribution in [0.5, 0.6) is 0 Å². The molecule has 0 bridgehead atoms. The number of nitrogens with one attached hydrogen (secondary N) is 1. The zero-order valence-electron chi connectivity index (χ0n) is 12.3. The van der Waals surface area contributed by atoms with E-state index < -0.39 is 16.2 Å². The lowest BCUT2D eigenvalue weighted by molar-refractivity contribution is -0.131. The summed E-state index contributed by atoms with van der Waals surface area (Å²) in [5.74, 6) is -1.05. The summed E-state index contributed by atoms with van der Waals surface area (Å²) in [4.78, 5) is 10.6. The molecule has 7 heteroatoms. The minimum atomic E-state index is -3.59. The number of aryl methyl sites for hydroxylation is 1. The van der Waals surface area contributed by atoms with Crippen molar-refractivity contribution in [2.45, 2.75) is 20.8 Å². The molecule has 1 aromatic carbocycles. The van der Waals surface area contributed by atoms with Crippen LogP contribution in [0.3, 0.4) is 0 Å². The Morgan fingerprint density at radius 2 is 1.95 bits per heavy atom. The fourth-order valence-electron chi connectivity index (χ4n) is 1.82. The number of aliphatic carboxylic acids is 1. The van der Waals surface area contributed by atoms with E-state index in [1.165, 1.54) is 10.4 Å². The van der Waals surface area contributed by atoms with Gasteiger partial charge in [-0.1, -0.05) is 19.9 Å². The van der Waals surface area contributed by atoms with Crippen LogP contribution in [0.15, 0.2) is 24.3 Å². The lowest BCUT2D eigenvalue weighted by atomic mass is 10.1. The van der Waals surface area contributed by atoms with Gasteiger partial charge in [-0.3, -0.25) is 4.72 Å². The molecule has 0 aliphatic heterocycles. The van der Waals surface area contributed by atoms with Gasteiger partial charge < -0.3 is 5.11 Å². The van der Waals surface area contributed by atoms with Crippen molar-refractivity contribution < 1.29 is 18.3 Å². The predicted octanol–water partition coefficient (Wildman–Crippen LogP) is 2.09. The highest BCUT2D eigenvalue weighted by Gasteiger charge is 2.18. The number of hydrogen-bond donors (Lipinski definition) is 2. The second-order valence-electron chi connectivity index (χ2n) is 4.43. The van der Waals surface area contributed by atoms with Crippen LogP contribution in [-0.4, -0.2) is 36.9 Å². The molecule has 21 heavy (non-hydrogen) atoms. The Hall–Kier alpha value is -1.86. The second kappa shape index (κ2) is 7.24. The molecule has 0 amide bonds. The van der Waals surface area contributed by atoms with Gasteiger partial charge in [-0.25, -0.2) is 4.79 Å². The molecular weight excluding hydrogens is 292 g/mol. The SMILES string of the molecule is CCN(CC)S(=O)(=O)Nc1ccc(C)c(C=CC(=O)O)c1. The molecule has 0 saturated carbocycles. The van der Waals surface area contributed by atoms with Gasteiger partial charge in [0.05, 0.1) is 5.69 Å². The number of anilines is 1. The Morgan fingerprint density at radius 1 is 1.33 bits per heavy atom. The number of hydrogen-bond acceptors (Lipinski definition) is 3. The van der Waals surface area contributed by atoms with Crippen LogP contribution in [0.1, 0.15) is 25.0 Å². The number of carbonyl (C=O) groups is 1. The summed E-state index contributed by atoms with van der Waals surface area (Å²) in [7, 11) is -3.59. The van der Waals surface area contributed by atoms with E-state index in [-0.39, 0.29) is 0 Å². The summed E-state index contributed by atoms with van der Waals surface area (Å²) in [6, 6.07) is 4.99. The van der Waals surface area contributed by atoms with Crippen molar-refractivity contribution in [2.24, 2.45) is 0 Å². The van der Waals surface area contributed by atoms with E-state index in [1.807, 2.05) is 6.92 Å². The van der Waals surface area contributed by atoms with Gasteiger partial charge in [0.2, 0.25) is 0 Å². The molecule has 0 saturated heterocycles. The minimum absolute atomic E-state index is 0.378. The summed E-state index contributed by atoms with van der Waals surface area (Å²) in [6.45, 7) is 6.11. The third-order valence-corrected chi connectivity index (χ3v) is 4.67. The molecule has 0 aliphatic rings. The number of rotatable bonds is 7. The Bertz CT molecular complexity index is 634. The highest BCUT2D eigenvalue weighted by Crippen LogP contribution is 2.18. The van der Waals surface area contributed by atoms with E-state index in [9.17, 15) is 13.2 Å². The van der Waals surface area contributed by atoms with Gasteiger partial charge in [-0.2, -0.15) is 12.7 Å². The van der Waals surface area contributed by atoms with Crippen LogP contribution in [0.2, 0.25) is 0 Å². The quantitative estimate of drug-likeness (QED) is 0.755. The first kappa shape index (κ1) is 17.2. The minimum Gasteiger partial charge on any atom is -0.478 e. The number of carboxylic acid groups (broad SMARTS) is 1. The van der Waals surface area contributed by atoms with Gasteiger partial charge in [0.25, 0.3) is 0 Å². The zero-order chi connectivity index (χ0) is 16.0. The summed E-state index contributed by atoms with van der Waals surface area (Å²) in [5, 5.41) is 8.65. The van der Waals surface area contributed by atoms with Crippen LogP contribution in [0.4, 0.5) is 5.69 Å². The van der Waals surface area contributed by atoms with Gasteiger partial charge in [0.1, 0.15) is 0 Å². The molecular formula is C14H20N2O4S. The Kier molecular flexibility index (Phi) is 5.92. The number of nitrogens with zero attached hydrogens (tertiary/aromatic N) is 1. The lowest BCUT2D eigenvalue weighted by Crippen LogP contribution is -2.35. The van der Waals surface area contributed by atoms with Crippen molar-refractivity contribution in [3.05, 3.63) is 35.4 Å². The third-order valence-electron chi connectivity index (χ3n) is 2.98. The normalized spacial score (nSPS) is 12.0. The fourth-order valence-corrected chi connectivity index (χ4v) is 3.06. The maximum atomic E-state index is 12.1. The number of carboxylic acids is 1. The van der Waals surface area contributed by atoms with Crippen molar-refractivity contribution in [1.29, 1.82) is 0 Å². The zero-order valence-corrected chi connectivity index (χ0v) is 13.1. The average Bonchev–Trinajstić information content (AvgIpc) is 2.40. The van der Waals surface area contributed by atoms with E-state index in [4.69, 9.17) is 5.11 Å². The standard InChI is InChI=1S/C14H20N2O4S/c1-4-16(5-2)21(19,20)15-13-8-6-11(3)12(10-13)7-9-14(17)18/h6-10,15H,4-5H2,1-3H3,(H,17,18). The molecule has 0 atom stereocenters. The monoisotopic (exact) mass is 312 g/mol. The molecule has 0 radical (unpaired) electrons. The molecule has 1 rings (SSSR count). The van der Waals surface area contributed by atoms with Gasteiger partial charge in [0, 0.05) is 19.2 Å². The van der Waals surface area contributed by atoms with E-state index >= 15 is 0 Å². The van der Waals surface area contributed by atoms with E-state index in [0.717, 1.165) is 11.6 Å². The maximum Gasteiger partial charge on any atom is 0.328 e. The Labute approximate surface area is 125 Å². The van der Waals surface area contributed by atoms with E-state index in [1.54, 1.807) is 32.0 Å². The Balaban J connectivity index is 3.05. The van der Waals surface area contributed by atoms with Crippen molar-refractivity contribution in [3.8, 4) is 0 Å². The van der Waals surface area contributed by atoms with E-state index in [0.29, 0.717) is 24.3 Å². The smallest absolute Gasteiger partial charge is 0.328 e. The first-order valence-corrected chi connectivity index (χ1v) is 8.03. The van der Waals surface area contributed by atoms with Gasteiger partial charge >= 0.3 is 16.2 Å². The molecule has 1 aromatic rings. The molecule has 2 N–H and O–H groups in total. The van der Waals surface area contributed by atoms with Gasteiger partial charge in [-0.05, 0) is 36.3 Å². The highest BCUT2D eigenvalue weighted by atomic mass is 32.2. The summed E-state index contributed by atoms with van der Waals surface area (Å²) >= 11 is 0. The van der Waals surface area contributed by atoms with Crippen molar-refractivity contribution in [1.82, 2.24) is 4.31 Å². The Morgan fingerprint density at radius 3 is 2.48 bits per heavy atom. The van der Waals surface area contributed by atoms with Crippen molar-refractivity contribution >= 4 is 27.9 Å². The van der Waals surface area contributed by atoms with Crippen LogP contribution in [0.25, 0.3) is 6.08 Å². The van der Waals surface area contributed by atoms with Crippen LogP contribution in [0, 0.1) is 6.92 Å². The molecule has 6 nitrogen and oxygen atoms in total. The third kappa shape index (κ3) is 4.87. The first-order valence-electron chi connectivity index (χ1n) is 6.59.